The minimum Gasteiger partial charge on any atom is -0.491 e. The summed E-state index contributed by atoms with van der Waals surface area (Å²) in [6, 6.07) is 6.89. The second kappa shape index (κ2) is 7.79. The van der Waals surface area contributed by atoms with Crippen LogP contribution in [0.4, 0.5) is 5.69 Å². The van der Waals surface area contributed by atoms with Crippen LogP contribution in [-0.4, -0.2) is 37.2 Å². The van der Waals surface area contributed by atoms with E-state index in [9.17, 15) is 9.59 Å². The standard InChI is InChI=1S/C16H22N2O4/c1-11(2)22-13-7-5-12(6-8-13)18-16(20)15(19)17-10-14-4-3-9-21-14/h5-8,11,14H,3-4,9-10H2,1-2H3,(H,17,19)(H,18,20). The van der Waals surface area contributed by atoms with Gasteiger partial charge in [0.15, 0.2) is 0 Å². The molecule has 1 aromatic carbocycles. The molecule has 0 spiro atoms. The molecule has 1 unspecified atom stereocenters. The van der Waals surface area contributed by atoms with Gasteiger partial charge in [-0.3, -0.25) is 9.59 Å². The maximum atomic E-state index is 11.8. The van der Waals surface area contributed by atoms with Crippen LogP contribution in [0.25, 0.3) is 0 Å². The fraction of sp³-hybridized carbons (Fsp3) is 0.500. The van der Waals surface area contributed by atoms with Crippen LogP contribution in [0.15, 0.2) is 24.3 Å². The van der Waals surface area contributed by atoms with E-state index in [-0.39, 0.29) is 12.2 Å². The molecule has 1 aliphatic rings. The Kier molecular flexibility index (Phi) is 5.77. The molecule has 0 radical (unpaired) electrons. The minimum atomic E-state index is -0.685. The molecule has 120 valence electrons. The van der Waals surface area contributed by atoms with E-state index in [1.807, 2.05) is 13.8 Å². The van der Waals surface area contributed by atoms with Crippen molar-refractivity contribution in [2.45, 2.75) is 38.9 Å². The monoisotopic (exact) mass is 306 g/mol. The van der Waals surface area contributed by atoms with Crippen molar-refractivity contribution >= 4 is 17.5 Å². The van der Waals surface area contributed by atoms with E-state index in [0.29, 0.717) is 12.2 Å². The number of anilines is 1. The number of carbonyl (C=O) groups is 2. The number of nitrogens with one attached hydrogen (secondary N) is 2. The second-order valence-corrected chi connectivity index (χ2v) is 5.49. The fourth-order valence-corrected chi connectivity index (χ4v) is 2.17. The summed E-state index contributed by atoms with van der Waals surface area (Å²) in [4.78, 5) is 23.5. The summed E-state index contributed by atoms with van der Waals surface area (Å²) in [5.74, 6) is -0.621. The van der Waals surface area contributed by atoms with Crippen LogP contribution in [-0.2, 0) is 14.3 Å². The van der Waals surface area contributed by atoms with Crippen molar-refractivity contribution in [3.8, 4) is 5.75 Å². The molecule has 0 aliphatic carbocycles. The molecule has 2 rings (SSSR count). The lowest BCUT2D eigenvalue weighted by molar-refractivity contribution is -0.136. The Bertz CT molecular complexity index is 507. The molecule has 1 saturated heterocycles. The average Bonchev–Trinajstić information content (AvgIpc) is 2.99. The highest BCUT2D eigenvalue weighted by molar-refractivity contribution is 6.39. The first-order valence-electron chi connectivity index (χ1n) is 7.52. The molecule has 1 aliphatic heterocycles. The lowest BCUT2D eigenvalue weighted by atomic mass is 10.2. The first-order chi connectivity index (χ1) is 10.5. The van der Waals surface area contributed by atoms with Crippen LogP contribution < -0.4 is 15.4 Å². The Morgan fingerprint density at radius 1 is 1.27 bits per heavy atom. The predicted octanol–water partition coefficient (Wildman–Crippen LogP) is 1.71. The highest BCUT2D eigenvalue weighted by Crippen LogP contribution is 2.16. The molecular weight excluding hydrogens is 284 g/mol. The maximum absolute atomic E-state index is 11.8. The summed E-state index contributed by atoms with van der Waals surface area (Å²) >= 11 is 0. The predicted molar refractivity (Wildman–Crippen MR) is 82.8 cm³/mol. The zero-order valence-electron chi connectivity index (χ0n) is 12.9. The summed E-state index contributed by atoms with van der Waals surface area (Å²) in [5.41, 5.74) is 0.549. The van der Waals surface area contributed by atoms with Gasteiger partial charge in [-0.2, -0.15) is 0 Å². The lowest BCUT2D eigenvalue weighted by Gasteiger charge is -2.12. The molecule has 1 heterocycles. The Balaban J connectivity index is 1.78. The molecule has 0 saturated carbocycles. The summed E-state index contributed by atoms with van der Waals surface area (Å²) in [7, 11) is 0. The number of rotatable bonds is 5. The van der Waals surface area contributed by atoms with E-state index in [1.54, 1.807) is 24.3 Å². The molecule has 0 bridgehead atoms. The SMILES string of the molecule is CC(C)Oc1ccc(NC(=O)C(=O)NCC2CCCO2)cc1. The molecule has 1 fully saturated rings. The van der Waals surface area contributed by atoms with E-state index < -0.39 is 11.8 Å². The van der Waals surface area contributed by atoms with E-state index >= 15 is 0 Å². The van der Waals surface area contributed by atoms with Gasteiger partial charge in [0, 0.05) is 18.8 Å². The zero-order valence-corrected chi connectivity index (χ0v) is 12.9. The Hall–Kier alpha value is -2.08. The summed E-state index contributed by atoms with van der Waals surface area (Å²) in [5, 5.41) is 5.13. The van der Waals surface area contributed by atoms with Crippen LogP contribution in [0.1, 0.15) is 26.7 Å². The van der Waals surface area contributed by atoms with Gasteiger partial charge in [0.1, 0.15) is 5.75 Å². The van der Waals surface area contributed by atoms with Crippen molar-refractivity contribution in [2.24, 2.45) is 0 Å². The molecule has 0 aromatic heterocycles. The molecule has 6 heteroatoms. The van der Waals surface area contributed by atoms with E-state index in [0.717, 1.165) is 25.2 Å². The first-order valence-corrected chi connectivity index (χ1v) is 7.52. The summed E-state index contributed by atoms with van der Waals surface area (Å²) in [6.45, 7) is 4.97. The molecule has 2 N–H and O–H groups in total. The molecule has 2 amide bonds. The number of carbonyl (C=O) groups excluding carboxylic acids is 2. The van der Waals surface area contributed by atoms with E-state index in [1.165, 1.54) is 0 Å². The van der Waals surface area contributed by atoms with Crippen molar-refractivity contribution in [1.82, 2.24) is 5.32 Å². The van der Waals surface area contributed by atoms with Crippen LogP contribution >= 0.6 is 0 Å². The van der Waals surface area contributed by atoms with Gasteiger partial charge in [0.2, 0.25) is 0 Å². The largest absolute Gasteiger partial charge is 0.491 e. The van der Waals surface area contributed by atoms with Gasteiger partial charge in [-0.05, 0) is 51.0 Å². The van der Waals surface area contributed by atoms with Gasteiger partial charge in [0.25, 0.3) is 0 Å². The topological polar surface area (TPSA) is 76.7 Å². The van der Waals surface area contributed by atoms with Crippen LogP contribution in [0.5, 0.6) is 5.75 Å². The third-order valence-electron chi connectivity index (χ3n) is 3.20. The van der Waals surface area contributed by atoms with Crippen molar-refractivity contribution < 1.29 is 19.1 Å². The zero-order chi connectivity index (χ0) is 15.9. The Morgan fingerprint density at radius 2 is 2.00 bits per heavy atom. The number of benzene rings is 1. The van der Waals surface area contributed by atoms with Crippen molar-refractivity contribution in [1.29, 1.82) is 0 Å². The molecule has 22 heavy (non-hydrogen) atoms. The molecule has 1 atom stereocenters. The van der Waals surface area contributed by atoms with Crippen LogP contribution in [0, 0.1) is 0 Å². The maximum Gasteiger partial charge on any atom is 0.313 e. The van der Waals surface area contributed by atoms with Crippen LogP contribution in [0.2, 0.25) is 0 Å². The molecule has 1 aromatic rings. The van der Waals surface area contributed by atoms with Gasteiger partial charge in [0.05, 0.1) is 12.2 Å². The molecular formula is C16H22N2O4. The lowest BCUT2D eigenvalue weighted by Crippen LogP contribution is -2.39. The Morgan fingerprint density at radius 3 is 2.59 bits per heavy atom. The number of hydrogen-bond donors (Lipinski definition) is 2. The number of amides is 2. The van der Waals surface area contributed by atoms with Gasteiger partial charge in [-0.25, -0.2) is 0 Å². The first kappa shape index (κ1) is 16.3. The van der Waals surface area contributed by atoms with Crippen molar-refractivity contribution in [3.63, 3.8) is 0 Å². The van der Waals surface area contributed by atoms with Gasteiger partial charge < -0.3 is 20.1 Å². The van der Waals surface area contributed by atoms with Crippen molar-refractivity contribution in [3.05, 3.63) is 24.3 Å². The second-order valence-electron chi connectivity index (χ2n) is 5.49. The third-order valence-corrected chi connectivity index (χ3v) is 3.20. The molecule has 6 nitrogen and oxygen atoms in total. The summed E-state index contributed by atoms with van der Waals surface area (Å²) < 4.78 is 10.9. The Labute approximate surface area is 130 Å². The van der Waals surface area contributed by atoms with Crippen molar-refractivity contribution in [2.75, 3.05) is 18.5 Å². The van der Waals surface area contributed by atoms with E-state index in [4.69, 9.17) is 9.47 Å². The van der Waals surface area contributed by atoms with Crippen LogP contribution in [0.3, 0.4) is 0 Å². The van der Waals surface area contributed by atoms with Gasteiger partial charge in [-0.1, -0.05) is 0 Å². The smallest absolute Gasteiger partial charge is 0.313 e. The summed E-state index contributed by atoms with van der Waals surface area (Å²) in [6.07, 6.45) is 2.02. The highest BCUT2D eigenvalue weighted by atomic mass is 16.5. The normalized spacial score (nSPS) is 17.3. The highest BCUT2D eigenvalue weighted by Gasteiger charge is 2.19. The van der Waals surface area contributed by atoms with E-state index in [2.05, 4.69) is 10.6 Å². The quantitative estimate of drug-likeness (QED) is 0.812. The average molecular weight is 306 g/mol. The van der Waals surface area contributed by atoms with Gasteiger partial charge >= 0.3 is 11.8 Å². The number of ether oxygens (including phenoxy) is 2. The fourth-order valence-electron chi connectivity index (χ4n) is 2.17. The third kappa shape index (κ3) is 5.04. The number of hydrogen-bond acceptors (Lipinski definition) is 4. The minimum absolute atomic E-state index is 0.0178. The van der Waals surface area contributed by atoms with Gasteiger partial charge in [-0.15, -0.1) is 0 Å².